The molecule has 0 amide bonds. The summed E-state index contributed by atoms with van der Waals surface area (Å²) in [6, 6.07) is 47.0. The molecule has 0 atom stereocenters. The van der Waals surface area contributed by atoms with Gasteiger partial charge in [0.05, 0.1) is 6.85 Å². The minimum absolute atomic E-state index is 0.186. The van der Waals surface area contributed by atoms with Crippen LogP contribution in [0.5, 0.6) is 0 Å². The smallest absolute Gasteiger partial charge is 0.136 e. The Bertz CT molecular complexity index is 3050. The highest BCUT2D eigenvalue weighted by Gasteiger charge is 2.21. The van der Waals surface area contributed by atoms with Crippen molar-refractivity contribution in [2.45, 2.75) is 0 Å². The fourth-order valence-electron chi connectivity index (χ4n) is 7.48. The maximum atomic E-state index is 8.51. The van der Waals surface area contributed by atoms with Crippen LogP contribution in [0.1, 0.15) is 6.85 Å². The zero-order valence-electron chi connectivity index (χ0n) is 30.2. The van der Waals surface area contributed by atoms with E-state index in [0.29, 0.717) is 11.1 Å². The zero-order valence-corrected chi connectivity index (χ0v) is 25.2. The van der Waals surface area contributed by atoms with Crippen LogP contribution in [-0.2, 0) is 0 Å². The van der Waals surface area contributed by atoms with Crippen molar-refractivity contribution in [2.24, 2.45) is 0 Å². The lowest BCUT2D eigenvalue weighted by Crippen LogP contribution is -1.92. The van der Waals surface area contributed by atoms with Gasteiger partial charge in [0, 0.05) is 10.8 Å². The molecule has 10 rings (SSSR count). The summed E-state index contributed by atoms with van der Waals surface area (Å²) in [7, 11) is 0. The third-order valence-electron chi connectivity index (χ3n) is 9.50. The molecule has 0 saturated heterocycles. The Morgan fingerprint density at radius 3 is 1.74 bits per heavy atom. The molecule has 0 aliphatic rings. The summed E-state index contributed by atoms with van der Waals surface area (Å²) < 4.78 is 48.0. The first kappa shape index (κ1) is 21.5. The maximum Gasteiger partial charge on any atom is 0.136 e. The van der Waals surface area contributed by atoms with E-state index in [1.807, 2.05) is 30.3 Å². The molecule has 0 saturated carbocycles. The van der Waals surface area contributed by atoms with Gasteiger partial charge in [-0.25, -0.2) is 0 Å². The molecule has 1 aromatic heterocycles. The predicted molar refractivity (Wildman–Crippen MR) is 200 cm³/mol. The zero-order chi connectivity index (χ0) is 35.2. The molecule has 0 aliphatic carbocycles. The largest absolute Gasteiger partial charge is 0.456 e. The van der Waals surface area contributed by atoms with Gasteiger partial charge < -0.3 is 4.42 Å². The van der Waals surface area contributed by atoms with E-state index in [0.717, 1.165) is 49.0 Å². The fourth-order valence-corrected chi connectivity index (χ4v) is 7.48. The highest BCUT2D eigenvalue weighted by atomic mass is 16.3. The summed E-state index contributed by atoms with van der Waals surface area (Å²) in [4.78, 5) is 0. The first-order chi connectivity index (χ1) is 25.4. The van der Waals surface area contributed by atoms with Crippen molar-refractivity contribution in [3.63, 3.8) is 0 Å². The van der Waals surface area contributed by atoms with E-state index in [1.165, 1.54) is 32.7 Å². The summed E-state index contributed by atoms with van der Waals surface area (Å²) in [6.07, 6.45) is 0. The Morgan fingerprint density at radius 2 is 1.00 bits per heavy atom. The van der Waals surface area contributed by atoms with Gasteiger partial charge in [-0.2, -0.15) is 0 Å². The van der Waals surface area contributed by atoms with Gasteiger partial charge in [0.25, 0.3) is 0 Å². The molecule has 0 fully saturated rings. The minimum atomic E-state index is -0.400. The third-order valence-corrected chi connectivity index (χ3v) is 9.50. The number of benzene rings is 9. The molecular formula is C46H28O. The Kier molecular flexibility index (Phi) is 4.66. The molecule has 10 aromatic rings. The molecule has 1 heteroatoms. The Hall–Kier alpha value is -6.18. The van der Waals surface area contributed by atoms with Crippen LogP contribution in [0.4, 0.5) is 0 Å². The molecule has 47 heavy (non-hydrogen) atoms. The highest BCUT2D eigenvalue weighted by Crippen LogP contribution is 2.48. The first-order valence-corrected chi connectivity index (χ1v) is 15.8. The quantitative estimate of drug-likeness (QED) is 0.184. The van der Waals surface area contributed by atoms with Gasteiger partial charge >= 0.3 is 0 Å². The van der Waals surface area contributed by atoms with Crippen LogP contribution >= 0.6 is 0 Å². The van der Waals surface area contributed by atoms with E-state index in [9.17, 15) is 0 Å². The van der Waals surface area contributed by atoms with Crippen molar-refractivity contribution in [3.05, 3.63) is 170 Å². The van der Waals surface area contributed by atoms with Gasteiger partial charge in [0.2, 0.25) is 0 Å². The second-order valence-corrected chi connectivity index (χ2v) is 12.1. The lowest BCUT2D eigenvalue weighted by molar-refractivity contribution is 0.669. The summed E-state index contributed by atoms with van der Waals surface area (Å²) in [5.74, 6) is 0. The van der Waals surface area contributed by atoms with E-state index in [-0.39, 0.29) is 29.7 Å². The average Bonchev–Trinajstić information content (AvgIpc) is 3.55. The van der Waals surface area contributed by atoms with Crippen LogP contribution in [-0.4, -0.2) is 0 Å². The third kappa shape index (κ3) is 3.97. The molecule has 0 N–H and O–H groups in total. The van der Waals surface area contributed by atoms with Crippen molar-refractivity contribution in [1.29, 1.82) is 0 Å². The molecule has 0 radical (unpaired) electrons. The van der Waals surface area contributed by atoms with Crippen molar-refractivity contribution >= 4 is 65.0 Å². The number of hydrogen-bond acceptors (Lipinski definition) is 1. The van der Waals surface area contributed by atoms with E-state index in [2.05, 4.69) is 109 Å². The molecule has 218 valence electrons. The molecule has 0 spiro atoms. The number of rotatable bonds is 3. The van der Waals surface area contributed by atoms with Gasteiger partial charge in [-0.3, -0.25) is 0 Å². The Labute approximate surface area is 279 Å². The van der Waals surface area contributed by atoms with Gasteiger partial charge in [0.15, 0.2) is 0 Å². The van der Waals surface area contributed by atoms with Crippen LogP contribution in [0.3, 0.4) is 0 Å². The second kappa shape index (κ2) is 10.2. The molecule has 0 aliphatic heterocycles. The molecule has 0 bridgehead atoms. The molecule has 1 heterocycles. The van der Waals surface area contributed by atoms with Crippen molar-refractivity contribution in [3.8, 4) is 33.4 Å². The maximum absolute atomic E-state index is 8.51. The van der Waals surface area contributed by atoms with Crippen LogP contribution in [0.2, 0.25) is 0 Å². The van der Waals surface area contributed by atoms with E-state index in [4.69, 9.17) is 11.3 Å². The van der Waals surface area contributed by atoms with E-state index < -0.39 is 6.04 Å². The second-order valence-electron chi connectivity index (χ2n) is 12.1. The Balaban J connectivity index is 1.24. The SMILES string of the molecule is [2H]c1c([2H])c([2H])c(-c2ccc3cc4c(cc3c2)oc2cccc(-c3c5ccccc5c(-c5cccc6ccccc56)c5ccccc35)c24)c([2H])c1[2H]. The number of hydrogen-bond donors (Lipinski definition) is 0. The van der Waals surface area contributed by atoms with Gasteiger partial charge in [-0.1, -0.05) is 145 Å². The summed E-state index contributed by atoms with van der Waals surface area (Å²) in [6.45, 7) is 0. The average molecular weight is 602 g/mol. The van der Waals surface area contributed by atoms with Crippen LogP contribution < -0.4 is 0 Å². The first-order valence-electron chi connectivity index (χ1n) is 18.3. The van der Waals surface area contributed by atoms with Crippen molar-refractivity contribution in [2.75, 3.05) is 0 Å². The van der Waals surface area contributed by atoms with Crippen LogP contribution in [0.15, 0.2) is 174 Å². The van der Waals surface area contributed by atoms with E-state index in [1.54, 1.807) is 0 Å². The van der Waals surface area contributed by atoms with Crippen LogP contribution in [0.25, 0.3) is 98.4 Å². The van der Waals surface area contributed by atoms with Gasteiger partial charge in [-0.05, 0) is 101 Å². The molecular weight excluding hydrogens is 569 g/mol. The fraction of sp³-hybridized carbons (Fsp3) is 0. The number of fused-ring (bicyclic) bond motifs is 7. The summed E-state index contributed by atoms with van der Waals surface area (Å²) in [5, 5.41) is 10.9. The van der Waals surface area contributed by atoms with E-state index >= 15 is 0 Å². The minimum Gasteiger partial charge on any atom is -0.456 e. The topological polar surface area (TPSA) is 13.1 Å². The standard InChI is InChI=1S/C46H28O/c1-2-12-29(13-3-1)31-24-25-32-27-41-43(28-33(32)26-31)47-42-23-11-22-40(46(41)42)45-38-19-8-6-17-36(38)44(37-18-7-9-20-39(37)45)35-21-10-15-30-14-4-5-16-34(30)35/h1-28H/i1D,2D,3D,12D,13D. The van der Waals surface area contributed by atoms with Gasteiger partial charge in [0.1, 0.15) is 11.2 Å². The lowest BCUT2D eigenvalue weighted by atomic mass is 9.84. The summed E-state index contributed by atoms with van der Waals surface area (Å²) in [5.41, 5.74) is 6.91. The number of furan rings is 1. The summed E-state index contributed by atoms with van der Waals surface area (Å²) >= 11 is 0. The normalized spacial score (nSPS) is 13.3. The highest BCUT2D eigenvalue weighted by molar-refractivity contribution is 6.27. The van der Waals surface area contributed by atoms with Gasteiger partial charge in [-0.15, -0.1) is 0 Å². The Morgan fingerprint density at radius 1 is 0.383 bits per heavy atom. The van der Waals surface area contributed by atoms with Crippen LogP contribution in [0, 0.1) is 0 Å². The lowest BCUT2D eigenvalue weighted by Gasteiger charge is -2.19. The monoisotopic (exact) mass is 601 g/mol. The van der Waals surface area contributed by atoms with Crippen molar-refractivity contribution < 1.29 is 11.3 Å². The molecule has 0 unspecified atom stereocenters. The predicted octanol–water partition coefficient (Wildman–Crippen LogP) is 13.2. The molecule has 9 aromatic carbocycles. The molecule has 1 nitrogen and oxygen atoms in total. The van der Waals surface area contributed by atoms with Crippen molar-refractivity contribution in [1.82, 2.24) is 0 Å².